The van der Waals surface area contributed by atoms with Crippen LogP contribution in [-0.2, 0) is 4.79 Å². The predicted octanol–water partition coefficient (Wildman–Crippen LogP) is 4.50. The number of thioether (sulfide) groups is 1. The summed E-state index contributed by atoms with van der Waals surface area (Å²) in [5, 5.41) is 14.7. The fourth-order valence-electron chi connectivity index (χ4n) is 3.46. The lowest BCUT2D eigenvalue weighted by molar-refractivity contribution is -0.118. The van der Waals surface area contributed by atoms with Gasteiger partial charge in [-0.15, -0.1) is 0 Å². The van der Waals surface area contributed by atoms with Gasteiger partial charge in [0.2, 0.25) is 0 Å². The normalized spacial score (nSPS) is 11.1. The van der Waals surface area contributed by atoms with Gasteiger partial charge in [0.05, 0.1) is 46.7 Å². The molecule has 37 heavy (non-hydrogen) atoms. The number of carbonyl (C=O) groups excluding carboxylic acids is 1. The number of aromatic nitrogens is 2. The van der Waals surface area contributed by atoms with Crippen molar-refractivity contribution in [2.75, 3.05) is 19.5 Å². The van der Waals surface area contributed by atoms with Gasteiger partial charge in [-0.2, -0.15) is 5.10 Å². The van der Waals surface area contributed by atoms with Gasteiger partial charge in [-0.05, 0) is 76.9 Å². The Balaban J connectivity index is 1.54. The minimum Gasteiger partial charge on any atom is -0.503 e. The van der Waals surface area contributed by atoms with Crippen molar-refractivity contribution >= 4 is 50.7 Å². The average molecular weight is 583 g/mol. The number of nitrogens with zero attached hydrogens (tertiary/aromatic N) is 3. The second kappa shape index (κ2) is 11.9. The zero-order chi connectivity index (χ0) is 26.4. The summed E-state index contributed by atoms with van der Waals surface area (Å²) in [7, 11) is 1.44. The molecule has 0 saturated heterocycles. The second-order valence-corrected chi connectivity index (χ2v) is 9.41. The Kier molecular flexibility index (Phi) is 8.47. The number of para-hydroxylation sites is 1. The molecule has 11 heteroatoms. The molecule has 0 radical (unpaired) electrons. The first-order chi connectivity index (χ1) is 17.9. The average Bonchev–Trinajstić information content (AvgIpc) is 2.90. The highest BCUT2D eigenvalue weighted by Gasteiger charge is 2.15. The highest BCUT2D eigenvalue weighted by atomic mass is 79.9. The number of nitrogens with one attached hydrogen (secondary N) is 1. The zero-order valence-corrected chi connectivity index (χ0v) is 22.4. The van der Waals surface area contributed by atoms with Crippen molar-refractivity contribution in [1.29, 1.82) is 0 Å². The fourth-order valence-corrected chi connectivity index (χ4v) is 4.72. The van der Waals surface area contributed by atoms with E-state index in [-0.39, 0.29) is 28.7 Å². The molecule has 0 bridgehead atoms. The minimum absolute atomic E-state index is 0.0260. The summed E-state index contributed by atoms with van der Waals surface area (Å²) in [5.41, 5.74) is 3.99. The highest BCUT2D eigenvalue weighted by molar-refractivity contribution is 9.10. The van der Waals surface area contributed by atoms with Gasteiger partial charge in [-0.1, -0.05) is 23.9 Å². The number of carbonyl (C=O) groups is 1. The summed E-state index contributed by atoms with van der Waals surface area (Å²) >= 11 is 4.37. The predicted molar refractivity (Wildman–Crippen MR) is 147 cm³/mol. The van der Waals surface area contributed by atoms with Crippen molar-refractivity contribution in [2.45, 2.75) is 12.1 Å². The molecule has 1 aromatic heterocycles. The van der Waals surface area contributed by atoms with Gasteiger partial charge in [0.15, 0.2) is 16.7 Å². The standard InChI is InChI=1S/C26H23BrN4O5S/c1-3-36-18-10-8-17(9-11-18)31-25(34)19-6-4-5-7-21(19)29-26(31)37-15-23(32)30-28-14-16-12-20(27)24(33)22(13-16)35-2/h4-14,33H,3,15H2,1-2H3,(H,30,32). The van der Waals surface area contributed by atoms with E-state index in [0.717, 1.165) is 11.8 Å². The molecule has 1 amide bonds. The maximum atomic E-state index is 13.4. The number of hydrogen-bond acceptors (Lipinski definition) is 8. The van der Waals surface area contributed by atoms with Crippen LogP contribution in [-0.4, -0.2) is 46.2 Å². The van der Waals surface area contributed by atoms with E-state index in [9.17, 15) is 14.7 Å². The Morgan fingerprint density at radius 1 is 1.22 bits per heavy atom. The SMILES string of the molecule is CCOc1ccc(-n2c(SCC(=O)NN=Cc3cc(Br)c(O)c(OC)c3)nc3ccccc3c2=O)cc1. The summed E-state index contributed by atoms with van der Waals surface area (Å²) in [5.74, 6) is 0.528. The Bertz CT molecular complexity index is 1520. The van der Waals surface area contributed by atoms with Gasteiger partial charge in [-0.3, -0.25) is 14.2 Å². The molecular formula is C26H23BrN4O5S. The molecular weight excluding hydrogens is 560 g/mol. The molecule has 2 N–H and O–H groups in total. The van der Waals surface area contributed by atoms with Crippen molar-refractivity contribution in [1.82, 2.24) is 15.0 Å². The summed E-state index contributed by atoms with van der Waals surface area (Å²) < 4.78 is 12.5. The van der Waals surface area contributed by atoms with Crippen LogP contribution < -0.4 is 20.5 Å². The van der Waals surface area contributed by atoms with Gasteiger partial charge in [0, 0.05) is 0 Å². The molecule has 0 saturated carbocycles. The molecule has 0 aliphatic heterocycles. The molecule has 9 nitrogen and oxygen atoms in total. The van der Waals surface area contributed by atoms with Crippen molar-refractivity contribution in [3.05, 3.63) is 81.1 Å². The molecule has 0 atom stereocenters. The third-order valence-corrected chi connectivity index (χ3v) is 6.70. The number of hydrogen-bond donors (Lipinski definition) is 2. The number of methoxy groups -OCH3 is 1. The summed E-state index contributed by atoms with van der Waals surface area (Å²) in [6.45, 7) is 2.43. The lowest BCUT2D eigenvalue weighted by atomic mass is 10.2. The monoisotopic (exact) mass is 582 g/mol. The van der Waals surface area contributed by atoms with E-state index in [1.165, 1.54) is 17.9 Å². The number of hydrazone groups is 1. The van der Waals surface area contributed by atoms with Crippen molar-refractivity contribution in [3.8, 4) is 22.9 Å². The Morgan fingerprint density at radius 3 is 2.70 bits per heavy atom. The maximum Gasteiger partial charge on any atom is 0.266 e. The molecule has 0 spiro atoms. The third kappa shape index (κ3) is 6.12. The number of halogens is 1. The molecule has 3 aromatic carbocycles. The van der Waals surface area contributed by atoms with Crippen LogP contribution in [0.1, 0.15) is 12.5 Å². The maximum absolute atomic E-state index is 13.4. The number of phenols is 1. The first-order valence-electron chi connectivity index (χ1n) is 11.2. The van der Waals surface area contributed by atoms with Gasteiger partial charge in [0.1, 0.15) is 5.75 Å². The lowest BCUT2D eigenvalue weighted by Crippen LogP contribution is -2.24. The molecule has 4 rings (SSSR count). The van der Waals surface area contributed by atoms with Gasteiger partial charge in [-0.25, -0.2) is 10.4 Å². The minimum atomic E-state index is -0.383. The number of rotatable bonds is 9. The summed E-state index contributed by atoms with van der Waals surface area (Å²) in [4.78, 5) is 30.5. The summed E-state index contributed by atoms with van der Waals surface area (Å²) in [6, 6.07) is 17.4. The Morgan fingerprint density at radius 2 is 1.97 bits per heavy atom. The van der Waals surface area contributed by atoms with Crippen LogP contribution >= 0.6 is 27.7 Å². The smallest absolute Gasteiger partial charge is 0.266 e. The van der Waals surface area contributed by atoms with Crippen LogP contribution in [0.25, 0.3) is 16.6 Å². The number of phenolic OH excluding ortho intramolecular Hbond substituents is 1. The van der Waals surface area contributed by atoms with Crippen molar-refractivity contribution in [3.63, 3.8) is 0 Å². The van der Waals surface area contributed by atoms with Crippen molar-refractivity contribution < 1.29 is 19.4 Å². The topological polar surface area (TPSA) is 115 Å². The van der Waals surface area contributed by atoms with Crippen LogP contribution in [0, 0.1) is 0 Å². The Labute approximate surface area is 225 Å². The first-order valence-corrected chi connectivity index (χ1v) is 12.9. The van der Waals surface area contributed by atoms with E-state index >= 15 is 0 Å². The Hall–Kier alpha value is -3.83. The molecule has 4 aromatic rings. The molecule has 0 fully saturated rings. The highest BCUT2D eigenvalue weighted by Crippen LogP contribution is 2.34. The van der Waals surface area contributed by atoms with E-state index in [1.807, 2.05) is 13.0 Å². The van der Waals surface area contributed by atoms with Gasteiger partial charge < -0.3 is 14.6 Å². The van der Waals surface area contributed by atoms with Gasteiger partial charge in [0.25, 0.3) is 11.5 Å². The van der Waals surface area contributed by atoms with Crippen LogP contribution in [0.3, 0.4) is 0 Å². The van der Waals surface area contributed by atoms with E-state index in [2.05, 4.69) is 31.4 Å². The zero-order valence-electron chi connectivity index (χ0n) is 20.0. The molecule has 0 aliphatic rings. The first kappa shape index (κ1) is 26.2. The largest absolute Gasteiger partial charge is 0.503 e. The summed E-state index contributed by atoms with van der Waals surface area (Å²) in [6.07, 6.45) is 1.43. The molecule has 1 heterocycles. The van der Waals surface area contributed by atoms with E-state index in [0.29, 0.717) is 44.1 Å². The van der Waals surface area contributed by atoms with Crippen LogP contribution in [0.2, 0.25) is 0 Å². The number of aromatic hydroxyl groups is 1. The second-order valence-electron chi connectivity index (χ2n) is 7.61. The number of fused-ring (bicyclic) bond motifs is 1. The van der Waals surface area contributed by atoms with E-state index in [4.69, 9.17) is 9.47 Å². The lowest BCUT2D eigenvalue weighted by Gasteiger charge is -2.13. The quantitative estimate of drug-likeness (QED) is 0.129. The number of amides is 1. The van der Waals surface area contributed by atoms with E-state index in [1.54, 1.807) is 54.6 Å². The van der Waals surface area contributed by atoms with Crippen molar-refractivity contribution in [2.24, 2.45) is 5.10 Å². The number of ether oxygens (including phenoxy) is 2. The van der Waals surface area contributed by atoms with Crippen LogP contribution in [0.15, 0.2) is 80.2 Å². The fraction of sp³-hybridized carbons (Fsp3) is 0.154. The molecule has 190 valence electrons. The van der Waals surface area contributed by atoms with Crippen LogP contribution in [0.5, 0.6) is 17.2 Å². The third-order valence-electron chi connectivity index (χ3n) is 5.16. The molecule has 0 unspecified atom stereocenters. The van der Waals surface area contributed by atoms with Crippen LogP contribution in [0.4, 0.5) is 0 Å². The number of benzene rings is 3. The van der Waals surface area contributed by atoms with Gasteiger partial charge >= 0.3 is 0 Å². The van der Waals surface area contributed by atoms with E-state index < -0.39 is 0 Å². The molecule has 0 aliphatic carbocycles.